The quantitative estimate of drug-likeness (QED) is 0.0482. The molecule has 1 atom stereocenters. The van der Waals surface area contributed by atoms with Gasteiger partial charge in [0.25, 0.3) is 0 Å². The van der Waals surface area contributed by atoms with Crippen molar-refractivity contribution in [2.24, 2.45) is 7.05 Å². The number of hydrogen-bond acceptors (Lipinski definition) is 10. The van der Waals surface area contributed by atoms with E-state index in [-0.39, 0.29) is 66.2 Å². The van der Waals surface area contributed by atoms with Crippen molar-refractivity contribution in [3.8, 4) is 0 Å². The van der Waals surface area contributed by atoms with E-state index in [1.54, 1.807) is 40.2 Å². The number of amides is 1. The van der Waals surface area contributed by atoms with Crippen molar-refractivity contribution >= 4 is 72.2 Å². The number of benzene rings is 6. The Morgan fingerprint density at radius 3 is 1.12 bits per heavy atom. The second kappa shape index (κ2) is 35.8. The molecule has 6 aromatic carbocycles. The number of nitrogens with zero attached hydrogens (tertiary/aromatic N) is 5. The number of anilines is 2. The molecule has 1 aliphatic heterocycles. The maximum Gasteiger partial charge on any atom is 1.00 e. The number of hydrogen-bond donors (Lipinski definition) is 2. The number of carbonyl (C=O) groups is 4. The molecule has 20 rings (SSSR count). The summed E-state index contributed by atoms with van der Waals surface area (Å²) in [5.41, 5.74) is 47.2. The molecular formula is C94H115BrClN6NaO8S. The molecule has 1 saturated heterocycles. The summed E-state index contributed by atoms with van der Waals surface area (Å²) >= 11 is 9.36. The molecule has 112 heavy (non-hydrogen) atoms. The predicted octanol–water partition coefficient (Wildman–Crippen LogP) is 14.2. The Kier molecular flexibility index (Phi) is 26.3. The summed E-state index contributed by atoms with van der Waals surface area (Å²) in [5.74, 6) is -1.35. The van der Waals surface area contributed by atoms with E-state index in [9.17, 15) is 27.6 Å². The number of aromatic nitrogens is 2. The number of carboxylic acid groups (broad SMARTS) is 1. The molecule has 14 nitrogen and oxygen atoms in total. The average molecular weight is 1630 g/mol. The average Bonchev–Trinajstić information content (AvgIpc) is 1.63. The zero-order chi connectivity index (χ0) is 77.4. The van der Waals surface area contributed by atoms with Gasteiger partial charge in [-0.1, -0.05) is 52.3 Å². The first-order chi connectivity index (χ1) is 53.5. The fourth-order valence-electron chi connectivity index (χ4n) is 21.6. The summed E-state index contributed by atoms with van der Waals surface area (Å²) in [6, 6.07) is 14.4. The van der Waals surface area contributed by atoms with Gasteiger partial charge in [-0.25, -0.2) is 8.42 Å². The smallest absolute Gasteiger partial charge is 0.528 e. The number of rotatable bonds is 13. The normalized spacial score (nSPS) is 18.3. The Labute approximate surface area is 701 Å². The van der Waals surface area contributed by atoms with Crippen LogP contribution in [0.5, 0.6) is 0 Å². The van der Waals surface area contributed by atoms with Gasteiger partial charge in [-0.15, -0.1) is 0 Å². The molecule has 0 bridgehead atoms. The van der Waals surface area contributed by atoms with Crippen LogP contribution in [0, 0.1) is 0 Å². The molecule has 2 heterocycles. The monoisotopic (exact) mass is 1620 g/mol. The molecule has 590 valence electrons. The van der Waals surface area contributed by atoms with Crippen molar-refractivity contribution in [1.29, 1.82) is 0 Å². The van der Waals surface area contributed by atoms with Gasteiger partial charge in [-0.3, -0.25) is 23.4 Å². The third-order valence-corrected chi connectivity index (χ3v) is 29.0. The predicted molar refractivity (Wildman–Crippen MR) is 448 cm³/mol. The van der Waals surface area contributed by atoms with Gasteiger partial charge < -0.3 is 30.0 Å². The van der Waals surface area contributed by atoms with Crippen molar-refractivity contribution in [3.63, 3.8) is 0 Å². The minimum Gasteiger partial charge on any atom is -0.528 e. The summed E-state index contributed by atoms with van der Waals surface area (Å²) in [6.07, 6.45) is 49.1. The molecule has 0 spiro atoms. The van der Waals surface area contributed by atoms with Crippen molar-refractivity contribution in [3.05, 3.63) is 214 Å². The van der Waals surface area contributed by atoms with Gasteiger partial charge in [0, 0.05) is 48.8 Å². The van der Waals surface area contributed by atoms with E-state index >= 15 is 0 Å². The van der Waals surface area contributed by atoms with E-state index in [1.165, 1.54) is 279 Å². The van der Waals surface area contributed by atoms with E-state index < -0.39 is 27.7 Å². The molecule has 1 amide bonds. The minimum absolute atomic E-state index is 0. The number of aryl methyl sites for hydroxylation is 13. The Hall–Kier alpha value is -6.11. The fraction of sp³-hybridized carbons (Fsp3) is 0.543. The van der Waals surface area contributed by atoms with Gasteiger partial charge in [-0.05, 0) is 446 Å². The Morgan fingerprint density at radius 1 is 0.500 bits per heavy atom. The van der Waals surface area contributed by atoms with E-state index in [2.05, 4.69) is 67.0 Å². The third-order valence-electron chi connectivity index (χ3n) is 26.5. The largest absolute Gasteiger partial charge is 1.00 e. The molecular weight excluding hydrogens is 1510 g/mol. The molecule has 0 radical (unpaired) electrons. The maximum absolute atomic E-state index is 13.4. The van der Waals surface area contributed by atoms with Crippen LogP contribution in [0.15, 0.2) is 53.3 Å². The van der Waals surface area contributed by atoms with E-state index in [0.29, 0.717) is 18.5 Å². The molecule has 0 saturated carbocycles. The number of fused-ring (bicyclic) bond motifs is 12. The number of esters is 1. The molecule has 0 unspecified atom stereocenters. The third kappa shape index (κ3) is 18.3. The second-order valence-electron chi connectivity index (χ2n) is 35.0. The molecule has 1 aromatic heterocycles. The minimum atomic E-state index is -4.19. The van der Waals surface area contributed by atoms with Gasteiger partial charge in [-0.2, -0.15) is 5.10 Å². The molecule has 3 N–H and O–H groups in total. The summed E-state index contributed by atoms with van der Waals surface area (Å²) < 4.78 is 40.4. The summed E-state index contributed by atoms with van der Waals surface area (Å²) in [7, 11) is -0.442. The van der Waals surface area contributed by atoms with Gasteiger partial charge in [0.15, 0.2) is 10.2 Å². The molecule has 13 aliphatic rings. The number of halogens is 2. The summed E-state index contributed by atoms with van der Waals surface area (Å²) in [6.45, 7) is 7.00. The number of likely N-dealkylation sites (N-methyl/N-ethyl adjacent to an activating group) is 1. The number of nitrogens with two attached hydrogens (primary N) is 1. The zero-order valence-corrected chi connectivity index (χ0v) is 72.7. The van der Waals surface area contributed by atoms with E-state index in [0.717, 1.165) is 126 Å². The van der Waals surface area contributed by atoms with Crippen molar-refractivity contribution in [1.82, 2.24) is 14.7 Å². The van der Waals surface area contributed by atoms with Crippen LogP contribution >= 0.6 is 27.5 Å². The fourth-order valence-corrected chi connectivity index (χ4v) is 23.8. The molecule has 1 fully saturated rings. The number of nitrogen functional groups attached to an aromatic ring is 1. The van der Waals surface area contributed by atoms with Gasteiger partial charge >= 0.3 is 41.5 Å². The van der Waals surface area contributed by atoms with Crippen LogP contribution < -0.4 is 39.6 Å². The van der Waals surface area contributed by atoms with Crippen molar-refractivity contribution < 1.29 is 67.0 Å². The summed E-state index contributed by atoms with van der Waals surface area (Å²) in [4.78, 5) is 49.6. The Balaban J connectivity index is 0.000000115. The Morgan fingerprint density at radius 2 is 0.812 bits per heavy atom. The number of carbonyl (C=O) groups excluding carboxylic acids is 3. The molecule has 7 aromatic rings. The van der Waals surface area contributed by atoms with E-state index in [1.807, 2.05) is 27.8 Å². The number of carboxylic acids is 1. The maximum atomic E-state index is 13.4. The topological polar surface area (TPSA) is 196 Å². The first kappa shape index (κ1) is 82.4. The van der Waals surface area contributed by atoms with Crippen LogP contribution in [0.2, 0.25) is 0 Å². The van der Waals surface area contributed by atoms with Gasteiger partial charge in [0.1, 0.15) is 5.60 Å². The van der Waals surface area contributed by atoms with Crippen LogP contribution in [-0.2, 0) is 221 Å². The standard InChI is InChI=1S/C24H33N5O3S.C18H24O2.C14H15ClO.C14H16O2.C12H13Br.C12H15N.Na/c1-27-11-5-8-19(27)16-29(20-14-25-28(2)15-20)33(31,32)26-24(30)13-23-21-9-3-6-17(21)12-18-7-4-10-22(18)23;1-18(2,3)20-17(19)11-16-14-8-4-6-12(14)10-13-7-5-9-15(13)16;2*15-14(16)8-13-11-5-1-3-9(11)7-10-4-2-6-12(10)13;2*13-12-10-5-1-3-8(10)7-9-4-2-6-11(9)12;/h12,14-15,19H,3-11,13,16H2,1-2H3,(H,26,30);10H,4-9,11H2,1-3H3;7H,1-6,8H2;7H,1-6,8H2,(H,15,16);7H,1-6H2;7H,1-6,13H2;/q;;;;;;+1/p-1/t19-;;;;;;/m0....../s1. The number of likely N-dealkylation sites (tertiary alicyclic amines) is 1. The zero-order valence-electron chi connectivity index (χ0n) is 67.6. The van der Waals surface area contributed by atoms with Crippen LogP contribution in [0.3, 0.4) is 0 Å². The van der Waals surface area contributed by atoms with Crippen molar-refractivity contribution in [2.45, 2.75) is 302 Å². The van der Waals surface area contributed by atoms with Gasteiger partial charge in [0.05, 0.1) is 30.6 Å². The number of aliphatic carboxylic acids is 1. The first-order valence-corrected chi connectivity index (χ1v) is 45.0. The van der Waals surface area contributed by atoms with Crippen LogP contribution in [0.25, 0.3) is 4.72 Å². The number of ether oxygens (including phenoxy) is 1. The molecule has 18 heteroatoms. The van der Waals surface area contributed by atoms with Crippen LogP contribution in [-0.4, -0.2) is 83.1 Å². The summed E-state index contributed by atoms with van der Waals surface area (Å²) in [5, 5.41) is 13.0. The second-order valence-corrected chi connectivity index (χ2v) is 37.7. The van der Waals surface area contributed by atoms with Crippen LogP contribution in [0.4, 0.5) is 11.4 Å². The van der Waals surface area contributed by atoms with Crippen LogP contribution in [0.1, 0.15) is 266 Å². The molecule has 12 aliphatic carbocycles. The SMILES string of the molecule is Brc1c2c(cc3c1CCC3)CCC2.CC(C)(C)OC(=O)Cc1c2c(cc3c1CCC3)CCC2.CN1CCC[C@H]1CN(c1cnn(C)c1)S(=O)(=O)[N-]C(=O)Cc1c2c(cc3c1CCC3)CCC2.Nc1c2c(cc3c1CCC3)CCC2.O=C(Cl)Cc1c2c(cc3c1CCC3)CCC2.O=C(O)Cc1c2c(cc3c1CCC3)CCC2.[Na+]. The Bertz CT molecular complexity index is 4570. The van der Waals surface area contributed by atoms with E-state index in [4.69, 9.17) is 27.2 Å². The van der Waals surface area contributed by atoms with Crippen molar-refractivity contribution in [2.75, 3.05) is 30.2 Å². The first-order valence-electron chi connectivity index (χ1n) is 42.4. The van der Waals surface area contributed by atoms with Gasteiger partial charge in [0.2, 0.25) is 5.24 Å².